The Morgan fingerprint density at radius 3 is 2.50 bits per heavy atom. The Labute approximate surface area is 123 Å². The van der Waals surface area contributed by atoms with Crippen molar-refractivity contribution in [2.75, 3.05) is 0 Å². The molecule has 0 radical (unpaired) electrons. The van der Waals surface area contributed by atoms with Gasteiger partial charge in [-0.05, 0) is 52.4 Å². The molecular formula is C14H9ClFIO. The van der Waals surface area contributed by atoms with Gasteiger partial charge in [0, 0.05) is 15.6 Å². The van der Waals surface area contributed by atoms with Crippen molar-refractivity contribution in [3.8, 4) is 0 Å². The molecule has 2 aromatic carbocycles. The third-order valence-corrected chi connectivity index (χ3v) is 3.63. The summed E-state index contributed by atoms with van der Waals surface area (Å²) in [6, 6.07) is 11.9. The molecule has 0 unspecified atom stereocenters. The summed E-state index contributed by atoms with van der Waals surface area (Å²) in [5.74, 6) is -0.745. The average molecular weight is 375 g/mol. The second kappa shape index (κ2) is 5.80. The van der Waals surface area contributed by atoms with Gasteiger partial charge in [-0.25, -0.2) is 4.39 Å². The number of Topliss-reactive ketones (excluding diaryl/α,β-unsaturated/α-hetero) is 1. The highest BCUT2D eigenvalue weighted by atomic mass is 127. The van der Waals surface area contributed by atoms with Crippen molar-refractivity contribution in [1.82, 2.24) is 0 Å². The molecule has 0 aliphatic heterocycles. The van der Waals surface area contributed by atoms with Gasteiger partial charge in [-0.15, -0.1) is 0 Å². The van der Waals surface area contributed by atoms with E-state index >= 15 is 0 Å². The second-order valence-electron chi connectivity index (χ2n) is 3.83. The molecular weight excluding hydrogens is 366 g/mol. The van der Waals surface area contributed by atoms with Gasteiger partial charge in [0.05, 0.1) is 5.02 Å². The maximum absolute atomic E-state index is 13.2. The molecule has 92 valence electrons. The van der Waals surface area contributed by atoms with Gasteiger partial charge in [-0.1, -0.05) is 29.8 Å². The molecule has 0 aliphatic carbocycles. The van der Waals surface area contributed by atoms with Crippen molar-refractivity contribution >= 4 is 40.0 Å². The van der Waals surface area contributed by atoms with Gasteiger partial charge in [0.15, 0.2) is 5.78 Å². The molecule has 0 atom stereocenters. The monoisotopic (exact) mass is 374 g/mol. The van der Waals surface area contributed by atoms with E-state index in [9.17, 15) is 9.18 Å². The van der Waals surface area contributed by atoms with Crippen LogP contribution in [-0.2, 0) is 6.42 Å². The number of ketones is 1. The number of carbonyl (C=O) groups excluding carboxylic acids is 1. The van der Waals surface area contributed by atoms with Crippen molar-refractivity contribution in [3.63, 3.8) is 0 Å². The maximum atomic E-state index is 13.2. The van der Waals surface area contributed by atoms with E-state index in [-0.39, 0.29) is 22.8 Å². The normalized spacial score (nSPS) is 10.4. The Hall–Kier alpha value is -0.940. The number of carbonyl (C=O) groups is 1. The van der Waals surface area contributed by atoms with E-state index in [2.05, 4.69) is 22.6 Å². The lowest BCUT2D eigenvalue weighted by Gasteiger charge is -2.04. The first kappa shape index (κ1) is 13.5. The lowest BCUT2D eigenvalue weighted by atomic mass is 10.0. The predicted molar refractivity (Wildman–Crippen MR) is 78.6 cm³/mol. The zero-order valence-electron chi connectivity index (χ0n) is 9.29. The third kappa shape index (κ3) is 3.09. The van der Waals surface area contributed by atoms with Crippen LogP contribution in [0.15, 0.2) is 42.5 Å². The summed E-state index contributed by atoms with van der Waals surface area (Å²) < 4.78 is 14.4. The molecule has 0 spiro atoms. The second-order valence-corrected chi connectivity index (χ2v) is 5.45. The Morgan fingerprint density at radius 1 is 1.17 bits per heavy atom. The molecule has 0 heterocycles. The lowest BCUT2D eigenvalue weighted by molar-refractivity contribution is 0.0992. The van der Waals surface area contributed by atoms with E-state index in [0.717, 1.165) is 9.13 Å². The van der Waals surface area contributed by atoms with Crippen LogP contribution >= 0.6 is 34.2 Å². The molecule has 0 aromatic heterocycles. The number of benzene rings is 2. The highest BCUT2D eigenvalue weighted by Gasteiger charge is 2.13. The summed E-state index contributed by atoms with van der Waals surface area (Å²) in [5, 5.41) is -0.104. The standard InChI is InChI=1S/C14H9ClFIO/c15-14-11(2-1-3-12(14)16)13(18)8-9-4-6-10(17)7-5-9/h1-7H,8H2. The van der Waals surface area contributed by atoms with E-state index in [1.54, 1.807) is 6.07 Å². The van der Waals surface area contributed by atoms with Crippen molar-refractivity contribution in [3.05, 3.63) is 68.0 Å². The van der Waals surface area contributed by atoms with Gasteiger partial charge in [0.2, 0.25) is 0 Å². The van der Waals surface area contributed by atoms with Crippen molar-refractivity contribution in [2.24, 2.45) is 0 Å². The lowest BCUT2D eigenvalue weighted by Crippen LogP contribution is -2.05. The molecule has 0 aliphatic rings. The number of halogens is 3. The fraction of sp³-hybridized carbons (Fsp3) is 0.0714. The Bertz CT molecular complexity index is 581. The minimum atomic E-state index is -0.565. The molecule has 0 saturated heterocycles. The van der Waals surface area contributed by atoms with Gasteiger partial charge in [0.25, 0.3) is 0 Å². The summed E-state index contributed by atoms with van der Waals surface area (Å²) in [7, 11) is 0. The fourth-order valence-corrected chi connectivity index (χ4v) is 2.19. The molecule has 1 nitrogen and oxygen atoms in total. The fourth-order valence-electron chi connectivity index (χ4n) is 1.60. The van der Waals surface area contributed by atoms with E-state index in [1.807, 2.05) is 24.3 Å². The summed E-state index contributed by atoms with van der Waals surface area (Å²) in [6.07, 6.45) is 0.222. The smallest absolute Gasteiger partial charge is 0.168 e. The van der Waals surface area contributed by atoms with Crippen LogP contribution < -0.4 is 0 Å². The molecule has 18 heavy (non-hydrogen) atoms. The van der Waals surface area contributed by atoms with E-state index in [4.69, 9.17) is 11.6 Å². The highest BCUT2D eigenvalue weighted by molar-refractivity contribution is 14.1. The van der Waals surface area contributed by atoms with Gasteiger partial charge in [0.1, 0.15) is 5.82 Å². The summed E-state index contributed by atoms with van der Waals surface area (Å²) in [6.45, 7) is 0. The van der Waals surface area contributed by atoms with Crippen molar-refractivity contribution in [1.29, 1.82) is 0 Å². The average Bonchev–Trinajstić information content (AvgIpc) is 2.35. The topological polar surface area (TPSA) is 17.1 Å². The quantitative estimate of drug-likeness (QED) is 0.571. The number of hydrogen-bond acceptors (Lipinski definition) is 1. The SMILES string of the molecule is O=C(Cc1ccc(I)cc1)c1cccc(F)c1Cl. The number of rotatable bonds is 3. The summed E-state index contributed by atoms with van der Waals surface area (Å²) in [5.41, 5.74) is 1.12. The Kier molecular flexibility index (Phi) is 4.35. The predicted octanol–water partition coefficient (Wildman–Crippen LogP) is 4.51. The molecule has 0 amide bonds. The molecule has 4 heteroatoms. The molecule has 2 aromatic rings. The first-order valence-corrected chi connectivity index (χ1v) is 6.75. The van der Waals surface area contributed by atoms with Crippen LogP contribution in [0.3, 0.4) is 0 Å². The minimum Gasteiger partial charge on any atom is -0.294 e. The van der Waals surface area contributed by atoms with Gasteiger partial charge in [-0.3, -0.25) is 4.79 Å². The molecule has 0 bridgehead atoms. The van der Waals surface area contributed by atoms with Crippen LogP contribution in [0.2, 0.25) is 5.02 Å². The molecule has 0 fully saturated rings. The zero-order valence-corrected chi connectivity index (χ0v) is 12.2. The largest absolute Gasteiger partial charge is 0.294 e. The molecule has 0 saturated carbocycles. The first-order valence-electron chi connectivity index (χ1n) is 5.29. The van der Waals surface area contributed by atoms with Crippen LogP contribution in [0.4, 0.5) is 4.39 Å². The summed E-state index contributed by atoms with van der Waals surface area (Å²) >= 11 is 7.98. The van der Waals surface area contributed by atoms with Crippen LogP contribution in [0.25, 0.3) is 0 Å². The van der Waals surface area contributed by atoms with Gasteiger partial charge in [-0.2, -0.15) is 0 Å². The maximum Gasteiger partial charge on any atom is 0.168 e. The van der Waals surface area contributed by atoms with E-state index < -0.39 is 5.82 Å². The highest BCUT2D eigenvalue weighted by Crippen LogP contribution is 2.21. The van der Waals surface area contributed by atoms with Gasteiger partial charge < -0.3 is 0 Å². The molecule has 0 N–H and O–H groups in total. The van der Waals surface area contributed by atoms with Crippen LogP contribution in [-0.4, -0.2) is 5.78 Å². The molecule has 2 rings (SSSR count). The van der Waals surface area contributed by atoms with Crippen molar-refractivity contribution in [2.45, 2.75) is 6.42 Å². The van der Waals surface area contributed by atoms with E-state index in [0.29, 0.717) is 0 Å². The van der Waals surface area contributed by atoms with Crippen molar-refractivity contribution < 1.29 is 9.18 Å². The number of hydrogen-bond donors (Lipinski definition) is 0. The van der Waals surface area contributed by atoms with Crippen LogP contribution in [0.1, 0.15) is 15.9 Å². The van der Waals surface area contributed by atoms with Crippen LogP contribution in [0, 0.1) is 9.39 Å². The summed E-state index contributed by atoms with van der Waals surface area (Å²) in [4.78, 5) is 12.0. The van der Waals surface area contributed by atoms with E-state index in [1.165, 1.54) is 12.1 Å². The van der Waals surface area contributed by atoms with Crippen LogP contribution in [0.5, 0.6) is 0 Å². The first-order chi connectivity index (χ1) is 8.58. The Morgan fingerprint density at radius 2 is 1.83 bits per heavy atom. The third-order valence-electron chi connectivity index (χ3n) is 2.53. The zero-order chi connectivity index (χ0) is 13.1. The minimum absolute atomic E-state index is 0.104. The Balaban J connectivity index is 2.22. The van der Waals surface area contributed by atoms with Gasteiger partial charge >= 0.3 is 0 Å².